The Morgan fingerprint density at radius 2 is 1.68 bits per heavy atom. The van der Waals surface area contributed by atoms with Gasteiger partial charge in [-0.15, -0.1) is 0 Å². The summed E-state index contributed by atoms with van der Waals surface area (Å²) >= 11 is 0. The maximum Gasteiger partial charge on any atom is 0.150 e. The normalized spacial score (nSPS) is 20.9. The number of hydrogen-bond acceptors (Lipinski definition) is 5. The summed E-state index contributed by atoms with van der Waals surface area (Å²) in [6.45, 7) is 10.9. The maximum atomic E-state index is 11.7. The minimum Gasteiger partial charge on any atom is -0.490 e. The molecule has 0 radical (unpaired) electrons. The van der Waals surface area contributed by atoms with E-state index < -0.39 is 9.84 Å². The van der Waals surface area contributed by atoms with E-state index in [1.54, 1.807) is 0 Å². The number of sulfone groups is 1. The van der Waals surface area contributed by atoms with Crippen LogP contribution < -0.4 is 9.47 Å². The summed E-state index contributed by atoms with van der Waals surface area (Å²) in [5.41, 5.74) is 5.28. The van der Waals surface area contributed by atoms with Gasteiger partial charge >= 0.3 is 0 Å². The van der Waals surface area contributed by atoms with E-state index in [2.05, 4.69) is 52.8 Å². The van der Waals surface area contributed by atoms with Crippen molar-refractivity contribution >= 4 is 9.84 Å². The Morgan fingerprint density at radius 3 is 2.29 bits per heavy atom. The highest BCUT2D eigenvalue weighted by atomic mass is 32.2. The first-order chi connectivity index (χ1) is 14.5. The molecular formula is C25H32O5S. The van der Waals surface area contributed by atoms with E-state index in [9.17, 15) is 8.42 Å². The lowest BCUT2D eigenvalue weighted by atomic mass is 9.93. The Morgan fingerprint density at radius 1 is 1.03 bits per heavy atom. The Hall–Kier alpha value is -2.05. The van der Waals surface area contributed by atoms with Crippen LogP contribution in [0.1, 0.15) is 56.4 Å². The Balaban J connectivity index is 1.60. The average Bonchev–Trinajstić information content (AvgIpc) is 3.05. The predicted octanol–water partition coefficient (Wildman–Crippen LogP) is 5.18. The van der Waals surface area contributed by atoms with Crippen molar-refractivity contribution in [2.45, 2.75) is 65.3 Å². The van der Waals surface area contributed by atoms with Gasteiger partial charge in [-0.3, -0.25) is 0 Å². The Kier molecular flexibility index (Phi) is 5.81. The van der Waals surface area contributed by atoms with E-state index in [1.165, 1.54) is 0 Å². The van der Waals surface area contributed by atoms with Gasteiger partial charge in [0.15, 0.2) is 9.84 Å². The third kappa shape index (κ3) is 4.90. The van der Waals surface area contributed by atoms with Gasteiger partial charge in [-0.1, -0.05) is 18.2 Å². The van der Waals surface area contributed by atoms with Crippen molar-refractivity contribution in [2.75, 3.05) is 18.1 Å². The van der Waals surface area contributed by atoms with Crippen LogP contribution in [0.2, 0.25) is 0 Å². The molecule has 1 saturated heterocycles. The lowest BCUT2D eigenvalue weighted by Crippen LogP contribution is -2.30. The quantitative estimate of drug-likeness (QED) is 0.651. The van der Waals surface area contributed by atoms with Gasteiger partial charge in [-0.25, -0.2) is 8.42 Å². The third-order valence-electron chi connectivity index (χ3n) is 5.85. The summed E-state index contributed by atoms with van der Waals surface area (Å²) in [5, 5.41) is 0. The first-order valence-electron chi connectivity index (χ1n) is 10.9. The molecule has 31 heavy (non-hydrogen) atoms. The van der Waals surface area contributed by atoms with Crippen LogP contribution in [-0.2, 0) is 14.6 Å². The highest BCUT2D eigenvalue weighted by molar-refractivity contribution is 7.91. The number of ether oxygens (including phenoxy) is 3. The van der Waals surface area contributed by atoms with E-state index in [0.717, 1.165) is 39.3 Å². The van der Waals surface area contributed by atoms with Gasteiger partial charge in [0.1, 0.15) is 30.3 Å². The van der Waals surface area contributed by atoms with Crippen molar-refractivity contribution < 1.29 is 22.6 Å². The second kappa shape index (κ2) is 8.14. The number of hydrogen-bond donors (Lipinski definition) is 0. The molecule has 2 aromatic carbocycles. The molecule has 6 heteroatoms. The van der Waals surface area contributed by atoms with Crippen LogP contribution in [0.3, 0.4) is 0 Å². The first kappa shape index (κ1) is 22.2. The van der Waals surface area contributed by atoms with Gasteiger partial charge in [0.25, 0.3) is 0 Å². The summed E-state index contributed by atoms with van der Waals surface area (Å²) in [6.07, 6.45) is 0.989. The van der Waals surface area contributed by atoms with Crippen molar-refractivity contribution in [1.29, 1.82) is 0 Å². The molecule has 2 aromatic rings. The predicted molar refractivity (Wildman–Crippen MR) is 123 cm³/mol. The fourth-order valence-corrected chi connectivity index (χ4v) is 5.98. The van der Waals surface area contributed by atoms with Gasteiger partial charge < -0.3 is 14.2 Å². The fourth-order valence-electron chi connectivity index (χ4n) is 4.53. The molecule has 4 rings (SSSR count). The zero-order valence-electron chi connectivity index (χ0n) is 19.0. The zero-order chi connectivity index (χ0) is 22.4. The number of aryl methyl sites for hydroxylation is 2. The molecule has 1 fully saturated rings. The number of rotatable bonds is 4. The average molecular weight is 445 g/mol. The van der Waals surface area contributed by atoms with Crippen molar-refractivity contribution in [2.24, 2.45) is 0 Å². The molecule has 5 nitrogen and oxygen atoms in total. The van der Waals surface area contributed by atoms with Crippen LogP contribution in [0, 0.1) is 13.8 Å². The van der Waals surface area contributed by atoms with E-state index >= 15 is 0 Å². The summed E-state index contributed by atoms with van der Waals surface area (Å²) in [5.74, 6) is 2.11. The SMILES string of the molecule is Cc1cc(OC2CCS(=O)(=O)CC2)cc(C)c1-c1cccc2c1OC[C@H]2OC(C)(C)C. The molecular weight excluding hydrogens is 412 g/mol. The van der Waals surface area contributed by atoms with Gasteiger partial charge in [0.2, 0.25) is 0 Å². The van der Waals surface area contributed by atoms with Crippen molar-refractivity contribution in [3.63, 3.8) is 0 Å². The molecule has 0 bridgehead atoms. The maximum absolute atomic E-state index is 11.7. The van der Waals surface area contributed by atoms with Gasteiger partial charge in [0.05, 0.1) is 17.1 Å². The standard InChI is InChI=1S/C25H32O5S/c1-16-13-19(29-18-9-11-31(26,27)12-10-18)14-17(2)23(16)21-8-6-7-20-22(15-28-24(20)21)30-25(3,4)5/h6-8,13-14,18,22H,9-12,15H2,1-5H3/t22-/m1/s1. The molecule has 2 heterocycles. The number of fused-ring (bicyclic) bond motifs is 1. The molecule has 0 N–H and O–H groups in total. The smallest absolute Gasteiger partial charge is 0.150 e. The topological polar surface area (TPSA) is 61.8 Å². The molecule has 0 aliphatic carbocycles. The summed E-state index contributed by atoms with van der Waals surface area (Å²) < 4.78 is 41.8. The molecule has 0 spiro atoms. The number of para-hydroxylation sites is 1. The van der Waals surface area contributed by atoms with Crippen molar-refractivity contribution in [3.8, 4) is 22.6 Å². The molecule has 2 aliphatic rings. The molecule has 0 aromatic heterocycles. The van der Waals surface area contributed by atoms with Crippen LogP contribution >= 0.6 is 0 Å². The molecule has 0 saturated carbocycles. The highest BCUT2D eigenvalue weighted by Gasteiger charge is 2.31. The van der Waals surface area contributed by atoms with Crippen molar-refractivity contribution in [3.05, 3.63) is 47.0 Å². The van der Waals surface area contributed by atoms with Gasteiger partial charge in [-0.05, 0) is 76.3 Å². The number of benzene rings is 2. The van der Waals surface area contributed by atoms with Crippen LogP contribution in [0.25, 0.3) is 11.1 Å². The van der Waals surface area contributed by atoms with Crippen molar-refractivity contribution in [1.82, 2.24) is 0 Å². The second-order valence-electron chi connectivity index (χ2n) is 9.65. The van der Waals surface area contributed by atoms with Crippen LogP contribution in [-0.4, -0.2) is 38.2 Å². The van der Waals surface area contributed by atoms with E-state index in [0.29, 0.717) is 19.4 Å². The highest BCUT2D eigenvalue weighted by Crippen LogP contribution is 2.45. The van der Waals surface area contributed by atoms with Crippen LogP contribution in [0.15, 0.2) is 30.3 Å². The molecule has 168 valence electrons. The summed E-state index contributed by atoms with van der Waals surface area (Å²) in [7, 11) is -2.89. The summed E-state index contributed by atoms with van der Waals surface area (Å²) in [6, 6.07) is 10.3. The monoisotopic (exact) mass is 444 g/mol. The van der Waals surface area contributed by atoms with E-state index in [-0.39, 0.29) is 29.3 Å². The largest absolute Gasteiger partial charge is 0.490 e. The Labute approximate surface area is 185 Å². The second-order valence-corrected chi connectivity index (χ2v) is 12.0. The summed E-state index contributed by atoms with van der Waals surface area (Å²) in [4.78, 5) is 0. The van der Waals surface area contributed by atoms with E-state index in [4.69, 9.17) is 14.2 Å². The molecule has 0 unspecified atom stereocenters. The van der Waals surface area contributed by atoms with E-state index in [1.807, 2.05) is 12.1 Å². The minimum atomic E-state index is -2.89. The lowest BCUT2D eigenvalue weighted by molar-refractivity contribution is -0.0671. The minimum absolute atomic E-state index is 0.0483. The molecule has 2 aliphatic heterocycles. The fraction of sp³-hybridized carbons (Fsp3) is 0.520. The Bertz CT molecular complexity index is 1040. The lowest BCUT2D eigenvalue weighted by Gasteiger charge is -2.24. The molecule has 1 atom stereocenters. The van der Waals surface area contributed by atoms with Crippen LogP contribution in [0.4, 0.5) is 0 Å². The molecule has 0 amide bonds. The van der Waals surface area contributed by atoms with Gasteiger partial charge in [-0.2, -0.15) is 0 Å². The van der Waals surface area contributed by atoms with Gasteiger partial charge in [0, 0.05) is 11.1 Å². The third-order valence-corrected chi connectivity index (χ3v) is 7.56. The van der Waals surface area contributed by atoms with Crippen LogP contribution in [0.5, 0.6) is 11.5 Å². The zero-order valence-corrected chi connectivity index (χ0v) is 19.8. The first-order valence-corrected chi connectivity index (χ1v) is 12.8.